The Morgan fingerprint density at radius 1 is 1.29 bits per heavy atom. The van der Waals surface area contributed by atoms with Gasteiger partial charge in [-0.2, -0.15) is 0 Å². The van der Waals surface area contributed by atoms with E-state index in [1.165, 1.54) is 30.3 Å². The highest BCUT2D eigenvalue weighted by Gasteiger charge is 2.16. The Hall–Kier alpha value is -1.09. The van der Waals surface area contributed by atoms with Gasteiger partial charge in [-0.3, -0.25) is 4.98 Å². The number of halogens is 1. The average Bonchev–Trinajstić information content (AvgIpc) is 2.26. The van der Waals surface area contributed by atoms with Gasteiger partial charge in [0.25, 0.3) is 0 Å². The lowest BCUT2D eigenvalue weighted by molar-refractivity contribution is 0.333. The van der Waals surface area contributed by atoms with Crippen LogP contribution in [0.5, 0.6) is 0 Å². The van der Waals surface area contributed by atoms with E-state index in [1.54, 1.807) is 0 Å². The zero-order valence-corrected chi connectivity index (χ0v) is 11.2. The minimum Gasteiger partial charge on any atom is -0.384 e. The molecule has 0 radical (unpaired) electrons. The van der Waals surface area contributed by atoms with Crippen molar-refractivity contribution in [3.8, 4) is 0 Å². The Bertz CT molecular complexity index is 535. The van der Waals surface area contributed by atoms with Gasteiger partial charge in [0.2, 0.25) is 0 Å². The first-order chi connectivity index (χ1) is 8.33. The number of anilines is 1. The summed E-state index contributed by atoms with van der Waals surface area (Å²) in [4.78, 5) is 4.39. The minimum absolute atomic E-state index is 0.869. The van der Waals surface area contributed by atoms with Crippen LogP contribution in [0.4, 0.5) is 5.69 Å². The van der Waals surface area contributed by atoms with Crippen LogP contribution < -0.4 is 5.32 Å². The second-order valence-corrected chi connectivity index (χ2v) is 5.61. The van der Waals surface area contributed by atoms with E-state index in [4.69, 9.17) is 0 Å². The summed E-state index contributed by atoms with van der Waals surface area (Å²) in [6.07, 6.45) is 6.03. The largest absolute Gasteiger partial charge is 0.384 e. The van der Waals surface area contributed by atoms with Crippen LogP contribution in [0, 0.1) is 5.92 Å². The molecule has 0 atom stereocenters. The van der Waals surface area contributed by atoms with Gasteiger partial charge in [0, 0.05) is 28.3 Å². The van der Waals surface area contributed by atoms with Crippen LogP contribution in [0.2, 0.25) is 0 Å². The minimum atomic E-state index is 0.869. The van der Waals surface area contributed by atoms with Gasteiger partial charge in [-0.1, -0.05) is 22.4 Å². The van der Waals surface area contributed by atoms with E-state index in [0.717, 1.165) is 22.5 Å². The number of fused-ring (bicyclic) bond motifs is 1. The molecule has 17 heavy (non-hydrogen) atoms. The molecule has 0 spiro atoms. The van der Waals surface area contributed by atoms with E-state index in [1.807, 2.05) is 6.20 Å². The zero-order valence-electron chi connectivity index (χ0n) is 9.62. The van der Waals surface area contributed by atoms with Crippen LogP contribution in [0.1, 0.15) is 19.3 Å². The molecule has 0 unspecified atom stereocenters. The van der Waals surface area contributed by atoms with Crippen molar-refractivity contribution in [3.63, 3.8) is 0 Å². The normalized spacial score (nSPS) is 15.8. The fourth-order valence-corrected chi connectivity index (χ4v) is 2.58. The van der Waals surface area contributed by atoms with Crippen molar-refractivity contribution in [1.29, 1.82) is 0 Å². The maximum atomic E-state index is 4.39. The summed E-state index contributed by atoms with van der Waals surface area (Å²) < 4.78 is 1.08. The van der Waals surface area contributed by atoms with Crippen LogP contribution in [0.15, 0.2) is 34.9 Å². The highest BCUT2D eigenvalue weighted by molar-refractivity contribution is 9.10. The summed E-state index contributed by atoms with van der Waals surface area (Å²) >= 11 is 3.48. The summed E-state index contributed by atoms with van der Waals surface area (Å²) in [7, 11) is 0. The number of nitrogens with one attached hydrogen (secondary N) is 1. The lowest BCUT2D eigenvalue weighted by Crippen LogP contribution is -2.20. The topological polar surface area (TPSA) is 24.9 Å². The van der Waals surface area contributed by atoms with Crippen LogP contribution in [0.3, 0.4) is 0 Å². The van der Waals surface area contributed by atoms with E-state index in [2.05, 4.69) is 50.5 Å². The molecule has 1 aromatic carbocycles. The number of benzene rings is 1. The third kappa shape index (κ3) is 2.29. The molecular formula is C14H15BrN2. The van der Waals surface area contributed by atoms with Crippen molar-refractivity contribution >= 4 is 32.5 Å². The van der Waals surface area contributed by atoms with Crippen molar-refractivity contribution in [2.75, 3.05) is 11.9 Å². The van der Waals surface area contributed by atoms with E-state index >= 15 is 0 Å². The standard InChI is InChI=1S/C14H15BrN2/c15-11-4-5-12-13(6-7-16-14(12)8-11)17-9-10-2-1-3-10/h4-8,10H,1-3,9H2,(H,16,17). The molecule has 3 heteroatoms. The predicted molar refractivity (Wildman–Crippen MR) is 75.3 cm³/mol. The number of pyridine rings is 1. The van der Waals surface area contributed by atoms with Crippen LogP contribution in [-0.2, 0) is 0 Å². The summed E-state index contributed by atoms with van der Waals surface area (Å²) in [5.41, 5.74) is 2.24. The number of rotatable bonds is 3. The number of hydrogen-bond donors (Lipinski definition) is 1. The molecule has 2 aromatic rings. The molecule has 1 aromatic heterocycles. The van der Waals surface area contributed by atoms with Crippen molar-refractivity contribution in [2.45, 2.75) is 19.3 Å². The molecule has 1 N–H and O–H groups in total. The van der Waals surface area contributed by atoms with Gasteiger partial charge in [0.1, 0.15) is 0 Å². The number of hydrogen-bond acceptors (Lipinski definition) is 2. The van der Waals surface area contributed by atoms with Gasteiger partial charge in [0.05, 0.1) is 5.52 Å². The molecule has 3 rings (SSSR count). The fraction of sp³-hybridized carbons (Fsp3) is 0.357. The van der Waals surface area contributed by atoms with E-state index in [9.17, 15) is 0 Å². The maximum absolute atomic E-state index is 4.39. The first kappa shape index (κ1) is 11.0. The molecule has 0 aliphatic heterocycles. The Labute approximate surface area is 110 Å². The Morgan fingerprint density at radius 2 is 2.18 bits per heavy atom. The summed E-state index contributed by atoms with van der Waals surface area (Å²) in [6, 6.07) is 8.31. The molecular weight excluding hydrogens is 276 g/mol. The van der Waals surface area contributed by atoms with Crippen molar-refractivity contribution in [2.24, 2.45) is 5.92 Å². The van der Waals surface area contributed by atoms with E-state index < -0.39 is 0 Å². The van der Waals surface area contributed by atoms with Crippen molar-refractivity contribution in [1.82, 2.24) is 4.98 Å². The van der Waals surface area contributed by atoms with Gasteiger partial charge >= 0.3 is 0 Å². The Kier molecular flexibility index (Phi) is 3.02. The fourth-order valence-electron chi connectivity index (χ4n) is 2.23. The summed E-state index contributed by atoms with van der Waals surface area (Å²) in [5, 5.41) is 4.76. The number of aromatic nitrogens is 1. The summed E-state index contributed by atoms with van der Waals surface area (Å²) in [5.74, 6) is 0.869. The quantitative estimate of drug-likeness (QED) is 0.916. The first-order valence-electron chi connectivity index (χ1n) is 6.11. The van der Waals surface area contributed by atoms with E-state index in [0.29, 0.717) is 0 Å². The van der Waals surface area contributed by atoms with Gasteiger partial charge in [-0.15, -0.1) is 0 Å². The van der Waals surface area contributed by atoms with Crippen LogP contribution in [-0.4, -0.2) is 11.5 Å². The third-order valence-electron chi connectivity index (χ3n) is 3.51. The van der Waals surface area contributed by atoms with Gasteiger partial charge in [-0.25, -0.2) is 0 Å². The van der Waals surface area contributed by atoms with Gasteiger partial charge in [-0.05, 0) is 43.0 Å². The van der Waals surface area contributed by atoms with Gasteiger partial charge in [0.15, 0.2) is 0 Å². The zero-order chi connectivity index (χ0) is 11.7. The second-order valence-electron chi connectivity index (χ2n) is 4.70. The monoisotopic (exact) mass is 290 g/mol. The summed E-state index contributed by atoms with van der Waals surface area (Å²) in [6.45, 7) is 1.09. The van der Waals surface area contributed by atoms with Crippen molar-refractivity contribution < 1.29 is 0 Å². The van der Waals surface area contributed by atoms with Gasteiger partial charge < -0.3 is 5.32 Å². The number of nitrogens with zero attached hydrogens (tertiary/aromatic N) is 1. The smallest absolute Gasteiger partial charge is 0.0733 e. The molecule has 1 fully saturated rings. The Balaban J connectivity index is 1.87. The van der Waals surface area contributed by atoms with Crippen molar-refractivity contribution in [3.05, 3.63) is 34.9 Å². The average molecular weight is 291 g/mol. The first-order valence-corrected chi connectivity index (χ1v) is 6.90. The van der Waals surface area contributed by atoms with Crippen LogP contribution >= 0.6 is 15.9 Å². The molecule has 2 nitrogen and oxygen atoms in total. The molecule has 1 aliphatic carbocycles. The second kappa shape index (κ2) is 4.65. The predicted octanol–water partition coefficient (Wildman–Crippen LogP) is 4.21. The SMILES string of the molecule is Brc1ccc2c(NCC3CCC3)ccnc2c1. The molecule has 0 bridgehead atoms. The molecule has 1 aliphatic rings. The molecule has 0 saturated heterocycles. The third-order valence-corrected chi connectivity index (χ3v) is 4.00. The highest BCUT2D eigenvalue weighted by Crippen LogP contribution is 2.28. The molecule has 0 amide bonds. The van der Waals surface area contributed by atoms with E-state index in [-0.39, 0.29) is 0 Å². The molecule has 1 saturated carbocycles. The highest BCUT2D eigenvalue weighted by atomic mass is 79.9. The molecule has 1 heterocycles. The lowest BCUT2D eigenvalue weighted by Gasteiger charge is -2.26. The maximum Gasteiger partial charge on any atom is 0.0733 e. The Morgan fingerprint density at radius 3 is 2.94 bits per heavy atom. The molecule has 88 valence electrons. The van der Waals surface area contributed by atoms with Crippen LogP contribution in [0.25, 0.3) is 10.9 Å². The lowest BCUT2D eigenvalue weighted by atomic mass is 9.85.